The van der Waals surface area contributed by atoms with Crippen molar-refractivity contribution >= 4 is 56.5 Å². The van der Waals surface area contributed by atoms with Gasteiger partial charge in [-0.05, 0) is 74.3 Å². The summed E-state index contributed by atoms with van der Waals surface area (Å²) in [5, 5.41) is 11.7. The SMILES string of the molecule is N[C@@H](c1cc(I)c(O)c(I)c1)c1cccs1. The maximum absolute atomic E-state index is 9.69. The Bertz CT molecular complexity index is 476. The zero-order chi connectivity index (χ0) is 11.7. The van der Waals surface area contributed by atoms with Gasteiger partial charge in [-0.3, -0.25) is 0 Å². The van der Waals surface area contributed by atoms with E-state index in [4.69, 9.17) is 5.73 Å². The second-order valence-corrected chi connectivity index (χ2v) is 6.63. The number of hydrogen-bond donors (Lipinski definition) is 2. The summed E-state index contributed by atoms with van der Waals surface area (Å²) in [6.07, 6.45) is 0. The van der Waals surface area contributed by atoms with Crippen LogP contribution in [-0.4, -0.2) is 5.11 Å². The molecule has 2 nitrogen and oxygen atoms in total. The van der Waals surface area contributed by atoms with Gasteiger partial charge in [0.05, 0.1) is 13.2 Å². The van der Waals surface area contributed by atoms with Crippen LogP contribution >= 0.6 is 56.5 Å². The number of thiophene rings is 1. The van der Waals surface area contributed by atoms with E-state index < -0.39 is 0 Å². The third-order valence-corrected chi connectivity index (χ3v) is 4.85. The van der Waals surface area contributed by atoms with Crippen LogP contribution in [0.3, 0.4) is 0 Å². The highest BCUT2D eigenvalue weighted by atomic mass is 127. The van der Waals surface area contributed by atoms with Gasteiger partial charge in [0, 0.05) is 4.88 Å². The lowest BCUT2D eigenvalue weighted by Gasteiger charge is -2.12. The summed E-state index contributed by atoms with van der Waals surface area (Å²) in [5.41, 5.74) is 7.21. The lowest BCUT2D eigenvalue weighted by atomic mass is 10.1. The molecule has 0 amide bonds. The maximum atomic E-state index is 9.69. The second-order valence-electron chi connectivity index (χ2n) is 3.33. The van der Waals surface area contributed by atoms with Gasteiger partial charge in [0.25, 0.3) is 0 Å². The standard InChI is InChI=1S/C11H9I2NOS/c12-7-4-6(5-8(13)11(7)15)10(14)9-2-1-3-16-9/h1-5,10,15H,14H2/t10-/m0/s1. The van der Waals surface area contributed by atoms with Crippen molar-refractivity contribution in [2.24, 2.45) is 5.73 Å². The topological polar surface area (TPSA) is 46.2 Å². The molecule has 1 aromatic carbocycles. The lowest BCUT2D eigenvalue weighted by Crippen LogP contribution is -2.10. The van der Waals surface area contributed by atoms with E-state index in [0.717, 1.165) is 17.6 Å². The molecule has 84 valence electrons. The highest BCUT2D eigenvalue weighted by Crippen LogP contribution is 2.32. The minimum absolute atomic E-state index is 0.109. The summed E-state index contributed by atoms with van der Waals surface area (Å²) in [7, 11) is 0. The van der Waals surface area contributed by atoms with Crippen LogP contribution in [0.25, 0.3) is 0 Å². The summed E-state index contributed by atoms with van der Waals surface area (Å²) >= 11 is 5.89. The molecule has 0 spiro atoms. The molecule has 0 unspecified atom stereocenters. The fraction of sp³-hybridized carbons (Fsp3) is 0.0909. The Morgan fingerprint density at radius 1 is 1.25 bits per heavy atom. The number of aromatic hydroxyl groups is 1. The molecule has 1 aromatic heterocycles. The Morgan fingerprint density at radius 2 is 1.88 bits per heavy atom. The third kappa shape index (κ3) is 2.52. The number of phenolic OH excluding ortho intramolecular Hbond substituents is 1. The number of halogens is 2. The molecule has 0 saturated carbocycles. The quantitative estimate of drug-likeness (QED) is 0.676. The van der Waals surface area contributed by atoms with Crippen LogP contribution in [0, 0.1) is 7.14 Å². The number of rotatable bonds is 2. The largest absolute Gasteiger partial charge is 0.506 e. The van der Waals surface area contributed by atoms with Crippen LogP contribution in [-0.2, 0) is 0 Å². The van der Waals surface area contributed by atoms with Gasteiger partial charge in [0.1, 0.15) is 5.75 Å². The fourth-order valence-electron chi connectivity index (χ4n) is 1.40. The van der Waals surface area contributed by atoms with Crippen molar-refractivity contribution in [2.75, 3.05) is 0 Å². The van der Waals surface area contributed by atoms with Crippen molar-refractivity contribution in [2.45, 2.75) is 6.04 Å². The van der Waals surface area contributed by atoms with Crippen molar-refractivity contribution in [1.29, 1.82) is 0 Å². The molecule has 0 radical (unpaired) electrons. The van der Waals surface area contributed by atoms with Crippen LogP contribution in [0.5, 0.6) is 5.75 Å². The highest BCUT2D eigenvalue weighted by Gasteiger charge is 2.13. The summed E-state index contributed by atoms with van der Waals surface area (Å²) < 4.78 is 1.68. The van der Waals surface area contributed by atoms with Gasteiger partial charge in [0.2, 0.25) is 0 Å². The maximum Gasteiger partial charge on any atom is 0.142 e. The van der Waals surface area contributed by atoms with Gasteiger partial charge in [-0.2, -0.15) is 0 Å². The van der Waals surface area contributed by atoms with Gasteiger partial charge in [-0.25, -0.2) is 0 Å². The van der Waals surface area contributed by atoms with Crippen molar-refractivity contribution in [1.82, 2.24) is 0 Å². The van der Waals surface area contributed by atoms with E-state index in [9.17, 15) is 5.11 Å². The molecule has 2 aromatic rings. The zero-order valence-electron chi connectivity index (χ0n) is 8.15. The number of phenols is 1. The predicted molar refractivity (Wildman–Crippen MR) is 83.9 cm³/mol. The van der Waals surface area contributed by atoms with E-state index in [1.807, 2.05) is 29.6 Å². The molecule has 0 aliphatic rings. The Morgan fingerprint density at radius 3 is 2.38 bits per heavy atom. The van der Waals surface area contributed by atoms with Gasteiger partial charge in [-0.1, -0.05) is 6.07 Å². The molecule has 1 atom stereocenters. The zero-order valence-corrected chi connectivity index (χ0v) is 13.3. The molecule has 5 heteroatoms. The highest BCUT2D eigenvalue weighted by molar-refractivity contribution is 14.1. The molecular formula is C11H9I2NOS. The average molecular weight is 457 g/mol. The third-order valence-electron chi connectivity index (χ3n) is 2.25. The predicted octanol–water partition coefficient (Wildman–Crippen LogP) is 3.71. The molecule has 2 rings (SSSR count). The fourth-order valence-corrected chi connectivity index (χ4v) is 3.97. The summed E-state index contributed by atoms with van der Waals surface area (Å²) in [6, 6.07) is 7.78. The van der Waals surface area contributed by atoms with Crippen LogP contribution in [0.1, 0.15) is 16.5 Å². The van der Waals surface area contributed by atoms with Crippen molar-refractivity contribution < 1.29 is 5.11 Å². The number of benzene rings is 1. The Labute approximate surface area is 125 Å². The van der Waals surface area contributed by atoms with Crippen LogP contribution in [0.4, 0.5) is 0 Å². The Balaban J connectivity index is 2.42. The van der Waals surface area contributed by atoms with E-state index in [0.29, 0.717) is 5.75 Å². The first kappa shape index (κ1) is 12.6. The molecular weight excluding hydrogens is 448 g/mol. The van der Waals surface area contributed by atoms with E-state index in [2.05, 4.69) is 45.2 Å². The van der Waals surface area contributed by atoms with Crippen LogP contribution in [0.2, 0.25) is 0 Å². The minimum atomic E-state index is -0.109. The van der Waals surface area contributed by atoms with Crippen molar-refractivity contribution in [3.8, 4) is 5.75 Å². The summed E-state index contributed by atoms with van der Waals surface area (Å²) in [4.78, 5) is 1.14. The number of nitrogens with two attached hydrogens (primary N) is 1. The Hall–Kier alpha value is 0.140. The molecule has 0 aliphatic heterocycles. The minimum Gasteiger partial charge on any atom is -0.506 e. The van der Waals surface area contributed by atoms with E-state index in [1.165, 1.54) is 0 Å². The van der Waals surface area contributed by atoms with Gasteiger partial charge >= 0.3 is 0 Å². The lowest BCUT2D eigenvalue weighted by molar-refractivity contribution is 0.467. The molecule has 0 bridgehead atoms. The first-order valence-electron chi connectivity index (χ1n) is 4.56. The second kappa shape index (κ2) is 5.19. The molecule has 0 saturated heterocycles. The van der Waals surface area contributed by atoms with E-state index in [1.54, 1.807) is 11.3 Å². The van der Waals surface area contributed by atoms with E-state index in [-0.39, 0.29) is 6.04 Å². The first-order valence-corrected chi connectivity index (χ1v) is 7.60. The Kier molecular flexibility index (Phi) is 4.09. The molecule has 16 heavy (non-hydrogen) atoms. The normalized spacial score (nSPS) is 12.7. The van der Waals surface area contributed by atoms with E-state index >= 15 is 0 Å². The average Bonchev–Trinajstić information content (AvgIpc) is 2.77. The molecule has 0 aliphatic carbocycles. The van der Waals surface area contributed by atoms with Crippen LogP contribution in [0.15, 0.2) is 29.6 Å². The van der Waals surface area contributed by atoms with Crippen LogP contribution < -0.4 is 5.73 Å². The van der Waals surface area contributed by atoms with Crippen molar-refractivity contribution in [3.63, 3.8) is 0 Å². The number of hydrogen-bond acceptors (Lipinski definition) is 3. The smallest absolute Gasteiger partial charge is 0.142 e. The molecule has 3 N–H and O–H groups in total. The molecule has 1 heterocycles. The van der Waals surface area contributed by atoms with Gasteiger partial charge < -0.3 is 10.8 Å². The first-order chi connectivity index (χ1) is 7.59. The van der Waals surface area contributed by atoms with Crippen molar-refractivity contribution in [3.05, 3.63) is 47.2 Å². The monoisotopic (exact) mass is 457 g/mol. The summed E-state index contributed by atoms with van der Waals surface area (Å²) in [6.45, 7) is 0. The van der Waals surface area contributed by atoms with Gasteiger partial charge in [0.15, 0.2) is 0 Å². The van der Waals surface area contributed by atoms with Gasteiger partial charge in [-0.15, -0.1) is 11.3 Å². The summed E-state index contributed by atoms with van der Waals surface area (Å²) in [5.74, 6) is 0.336. The molecule has 0 fully saturated rings.